The number of methoxy groups -OCH3 is 1. The summed E-state index contributed by atoms with van der Waals surface area (Å²) in [4.78, 5) is 13.9. The Morgan fingerprint density at radius 1 is 1.53 bits per heavy atom. The molecule has 1 amide bonds. The predicted molar refractivity (Wildman–Crippen MR) is 73.1 cm³/mol. The van der Waals surface area contributed by atoms with Gasteiger partial charge < -0.3 is 14.7 Å². The first-order valence-corrected chi connectivity index (χ1v) is 6.78. The Balaban J connectivity index is 1.89. The second-order valence-electron chi connectivity index (χ2n) is 4.92. The fraction of sp³-hybridized carbons (Fsp3) is 0.533. The first-order valence-electron chi connectivity index (χ1n) is 6.78. The minimum absolute atomic E-state index is 0.0257. The largest absolute Gasteiger partial charge is 0.497 e. The Bertz CT molecular complexity index is 433. The molecule has 1 heterocycles. The van der Waals surface area contributed by atoms with Gasteiger partial charge >= 0.3 is 0 Å². The van der Waals surface area contributed by atoms with E-state index >= 15 is 0 Å². The quantitative estimate of drug-likeness (QED) is 0.878. The molecule has 4 heteroatoms. The minimum atomic E-state index is 0.0257. The fourth-order valence-electron chi connectivity index (χ4n) is 2.58. The topological polar surface area (TPSA) is 49.8 Å². The molecule has 0 unspecified atom stereocenters. The number of carbonyl (C=O) groups excluding carboxylic acids is 1. The molecule has 104 valence electrons. The van der Waals surface area contributed by atoms with Gasteiger partial charge in [0.1, 0.15) is 5.75 Å². The van der Waals surface area contributed by atoms with Gasteiger partial charge in [0.25, 0.3) is 0 Å². The molecule has 4 nitrogen and oxygen atoms in total. The number of ether oxygens (including phenoxy) is 1. The van der Waals surface area contributed by atoms with Crippen LogP contribution >= 0.6 is 0 Å². The highest BCUT2D eigenvalue weighted by Crippen LogP contribution is 2.19. The summed E-state index contributed by atoms with van der Waals surface area (Å²) in [5, 5.41) is 9.23. The van der Waals surface area contributed by atoms with Crippen molar-refractivity contribution in [2.24, 2.45) is 0 Å². The maximum atomic E-state index is 12.1. The van der Waals surface area contributed by atoms with Crippen molar-refractivity contribution < 1.29 is 14.6 Å². The molecule has 1 saturated heterocycles. The van der Waals surface area contributed by atoms with Crippen LogP contribution in [-0.4, -0.2) is 42.2 Å². The van der Waals surface area contributed by atoms with Crippen LogP contribution in [0.2, 0.25) is 0 Å². The number of nitrogens with zero attached hydrogens (tertiary/aromatic N) is 1. The van der Waals surface area contributed by atoms with E-state index in [1.54, 1.807) is 7.11 Å². The molecule has 1 aromatic rings. The lowest BCUT2D eigenvalue weighted by Gasteiger charge is -2.23. The molecule has 2 rings (SSSR count). The van der Waals surface area contributed by atoms with Crippen LogP contribution in [0.5, 0.6) is 5.75 Å². The highest BCUT2D eigenvalue weighted by atomic mass is 16.5. The zero-order chi connectivity index (χ0) is 13.7. The number of aryl methyl sites for hydroxylation is 1. The van der Waals surface area contributed by atoms with Gasteiger partial charge in [-0.15, -0.1) is 0 Å². The number of rotatable bonds is 5. The third-order valence-electron chi connectivity index (χ3n) is 3.67. The highest BCUT2D eigenvalue weighted by Gasteiger charge is 2.27. The smallest absolute Gasteiger partial charge is 0.223 e. The van der Waals surface area contributed by atoms with Crippen LogP contribution in [0, 0.1) is 0 Å². The van der Waals surface area contributed by atoms with E-state index < -0.39 is 0 Å². The lowest BCUT2D eigenvalue weighted by atomic mass is 10.1. The molecule has 0 spiro atoms. The van der Waals surface area contributed by atoms with Gasteiger partial charge in [0.15, 0.2) is 0 Å². The van der Waals surface area contributed by atoms with Crippen molar-refractivity contribution in [3.05, 3.63) is 29.8 Å². The second kappa shape index (κ2) is 6.57. The highest BCUT2D eigenvalue weighted by molar-refractivity contribution is 5.77. The Hall–Kier alpha value is -1.55. The summed E-state index contributed by atoms with van der Waals surface area (Å²) >= 11 is 0. The van der Waals surface area contributed by atoms with Crippen LogP contribution in [0.25, 0.3) is 0 Å². The SMILES string of the molecule is COc1cccc(CCC(=O)N2CCC[C@@H]2CO)c1. The molecule has 1 aromatic carbocycles. The van der Waals surface area contributed by atoms with Crippen LogP contribution in [0.1, 0.15) is 24.8 Å². The fourth-order valence-corrected chi connectivity index (χ4v) is 2.58. The number of hydrogen-bond donors (Lipinski definition) is 1. The molecule has 1 atom stereocenters. The van der Waals surface area contributed by atoms with Crippen molar-refractivity contribution in [3.63, 3.8) is 0 Å². The Labute approximate surface area is 114 Å². The maximum Gasteiger partial charge on any atom is 0.223 e. The van der Waals surface area contributed by atoms with Gasteiger partial charge in [-0.25, -0.2) is 0 Å². The third-order valence-corrected chi connectivity index (χ3v) is 3.67. The van der Waals surface area contributed by atoms with Crippen molar-refractivity contribution in [2.45, 2.75) is 31.7 Å². The Morgan fingerprint density at radius 2 is 2.37 bits per heavy atom. The number of benzene rings is 1. The first kappa shape index (κ1) is 13.9. The summed E-state index contributed by atoms with van der Waals surface area (Å²) < 4.78 is 5.17. The van der Waals surface area contributed by atoms with E-state index in [1.165, 1.54) is 0 Å². The molecule has 19 heavy (non-hydrogen) atoms. The molecule has 1 N–H and O–H groups in total. The summed E-state index contributed by atoms with van der Waals surface area (Å²) in [5.41, 5.74) is 1.10. The van der Waals surface area contributed by atoms with E-state index in [-0.39, 0.29) is 18.6 Å². The Kier molecular flexibility index (Phi) is 4.80. The summed E-state index contributed by atoms with van der Waals surface area (Å²) in [6, 6.07) is 7.82. The van der Waals surface area contributed by atoms with Gasteiger partial charge in [-0.1, -0.05) is 12.1 Å². The van der Waals surface area contributed by atoms with Crippen LogP contribution in [0.15, 0.2) is 24.3 Å². The van der Waals surface area contributed by atoms with Gasteiger partial charge in [-0.3, -0.25) is 4.79 Å². The molecular formula is C15H21NO3. The minimum Gasteiger partial charge on any atom is -0.497 e. The average Bonchev–Trinajstić information content (AvgIpc) is 2.93. The predicted octanol–water partition coefficient (Wildman–Crippen LogP) is 1.61. The van der Waals surface area contributed by atoms with E-state index in [9.17, 15) is 9.90 Å². The number of likely N-dealkylation sites (tertiary alicyclic amines) is 1. The number of carbonyl (C=O) groups is 1. The summed E-state index contributed by atoms with van der Waals surface area (Å²) in [6.45, 7) is 0.854. The first-order chi connectivity index (χ1) is 9.24. The van der Waals surface area contributed by atoms with Crippen LogP contribution in [-0.2, 0) is 11.2 Å². The van der Waals surface area contributed by atoms with Crippen molar-refractivity contribution >= 4 is 5.91 Å². The molecule has 1 fully saturated rings. The monoisotopic (exact) mass is 263 g/mol. The molecule has 0 radical (unpaired) electrons. The van der Waals surface area contributed by atoms with Gasteiger partial charge in [-0.2, -0.15) is 0 Å². The molecular weight excluding hydrogens is 242 g/mol. The maximum absolute atomic E-state index is 12.1. The molecule has 0 saturated carbocycles. The van der Waals surface area contributed by atoms with Crippen molar-refractivity contribution in [2.75, 3.05) is 20.3 Å². The molecule has 0 bridgehead atoms. The molecule has 1 aliphatic rings. The van der Waals surface area contributed by atoms with E-state index in [4.69, 9.17) is 4.74 Å². The molecule has 0 aromatic heterocycles. The normalized spacial score (nSPS) is 18.6. The third kappa shape index (κ3) is 3.47. The van der Waals surface area contributed by atoms with Crippen LogP contribution < -0.4 is 4.74 Å². The van der Waals surface area contributed by atoms with Gasteiger partial charge in [0.2, 0.25) is 5.91 Å². The van der Waals surface area contributed by atoms with Crippen molar-refractivity contribution in [3.8, 4) is 5.75 Å². The Morgan fingerprint density at radius 3 is 3.11 bits per heavy atom. The zero-order valence-corrected chi connectivity index (χ0v) is 11.3. The summed E-state index contributed by atoms with van der Waals surface area (Å²) in [5.74, 6) is 0.957. The van der Waals surface area contributed by atoms with E-state index in [1.807, 2.05) is 29.2 Å². The number of hydrogen-bond acceptors (Lipinski definition) is 3. The summed E-state index contributed by atoms with van der Waals surface area (Å²) in [7, 11) is 1.64. The summed E-state index contributed by atoms with van der Waals surface area (Å²) in [6.07, 6.45) is 3.12. The van der Waals surface area contributed by atoms with Crippen molar-refractivity contribution in [1.82, 2.24) is 4.90 Å². The standard InChI is InChI=1S/C15H21NO3/c1-19-14-6-2-4-12(10-14)7-8-15(18)16-9-3-5-13(16)11-17/h2,4,6,10,13,17H,3,5,7-9,11H2,1H3/t13-/m1/s1. The van der Waals surface area contributed by atoms with Gasteiger partial charge in [-0.05, 0) is 37.0 Å². The number of aliphatic hydroxyl groups excluding tert-OH is 1. The van der Waals surface area contributed by atoms with Crippen LogP contribution in [0.3, 0.4) is 0 Å². The lowest BCUT2D eigenvalue weighted by molar-refractivity contribution is -0.132. The van der Waals surface area contributed by atoms with E-state index in [0.717, 1.165) is 30.7 Å². The second-order valence-corrected chi connectivity index (χ2v) is 4.92. The van der Waals surface area contributed by atoms with E-state index in [2.05, 4.69) is 0 Å². The molecule has 1 aliphatic heterocycles. The van der Waals surface area contributed by atoms with Gasteiger partial charge in [0.05, 0.1) is 19.8 Å². The number of amides is 1. The zero-order valence-electron chi connectivity index (χ0n) is 11.3. The van der Waals surface area contributed by atoms with Gasteiger partial charge in [0, 0.05) is 13.0 Å². The van der Waals surface area contributed by atoms with E-state index in [0.29, 0.717) is 12.8 Å². The average molecular weight is 263 g/mol. The number of aliphatic hydroxyl groups is 1. The van der Waals surface area contributed by atoms with Crippen LogP contribution in [0.4, 0.5) is 0 Å². The molecule has 0 aliphatic carbocycles. The lowest BCUT2D eigenvalue weighted by Crippen LogP contribution is -2.37. The van der Waals surface area contributed by atoms with Crippen molar-refractivity contribution in [1.29, 1.82) is 0 Å².